The number of nitrogens with zero attached hydrogens (tertiary/aromatic N) is 3. The van der Waals surface area contributed by atoms with Crippen molar-refractivity contribution in [2.45, 2.75) is 101 Å². The third kappa shape index (κ3) is 10.4. The number of hydrogen-bond donors (Lipinski definition) is 3. The molecule has 0 aromatic heterocycles. The summed E-state index contributed by atoms with van der Waals surface area (Å²) in [6.45, 7) is 12.7. The van der Waals surface area contributed by atoms with Crippen LogP contribution in [0.15, 0.2) is 43.5 Å². The SMILES string of the molecule is C=CC(=O)N(C)CCCC(=O)N1C[C@H](OC(=O)N2Cc3cccc(F)c3C2)C[C@H]1C(=O)N[C@]1(C(=O)NS(=O)(=O)C2CC2)CC1C=C.CC(C)(C)OC(N)=O. The van der Waals surface area contributed by atoms with Crippen molar-refractivity contribution in [1.29, 1.82) is 0 Å². The third-order valence-corrected chi connectivity index (χ3v) is 11.2. The molecule has 2 saturated carbocycles. The van der Waals surface area contributed by atoms with Gasteiger partial charge in [0.25, 0.3) is 5.91 Å². The molecule has 296 valence electrons. The Hall–Kier alpha value is -5.00. The van der Waals surface area contributed by atoms with Crippen molar-refractivity contribution >= 4 is 45.8 Å². The fraction of sp³-hybridized carbons (Fsp3) is 0.556. The van der Waals surface area contributed by atoms with Crippen LogP contribution in [-0.4, -0.2) is 108 Å². The second-order valence-corrected chi connectivity index (χ2v) is 16.8. The van der Waals surface area contributed by atoms with E-state index in [-0.39, 0.29) is 57.8 Å². The predicted octanol–water partition coefficient (Wildman–Crippen LogP) is 2.22. The van der Waals surface area contributed by atoms with Gasteiger partial charge < -0.3 is 30.3 Å². The predicted molar refractivity (Wildman–Crippen MR) is 193 cm³/mol. The molecule has 2 aliphatic heterocycles. The Kier molecular flexibility index (Phi) is 12.8. The van der Waals surface area contributed by atoms with E-state index in [2.05, 4.69) is 27.9 Å². The molecule has 1 unspecified atom stereocenters. The highest BCUT2D eigenvalue weighted by atomic mass is 32.2. The molecule has 0 spiro atoms. The molecule has 16 nitrogen and oxygen atoms in total. The number of sulfonamides is 1. The molecular formula is C36H49FN6O10S. The van der Waals surface area contributed by atoms with Gasteiger partial charge in [-0.15, -0.1) is 6.58 Å². The first-order valence-electron chi connectivity index (χ1n) is 17.6. The molecule has 0 bridgehead atoms. The van der Waals surface area contributed by atoms with E-state index in [1.165, 1.54) is 26.8 Å². The van der Waals surface area contributed by atoms with Crippen LogP contribution >= 0.6 is 0 Å². The molecule has 18 heteroatoms. The normalized spacial score (nSPS) is 22.8. The van der Waals surface area contributed by atoms with Crippen molar-refractivity contribution in [2.24, 2.45) is 11.7 Å². The van der Waals surface area contributed by atoms with Gasteiger partial charge in [0.1, 0.15) is 29.1 Å². The highest BCUT2D eigenvalue weighted by Gasteiger charge is 2.62. The summed E-state index contributed by atoms with van der Waals surface area (Å²) in [7, 11) is -2.32. The molecule has 0 radical (unpaired) electrons. The average molecular weight is 777 g/mol. The van der Waals surface area contributed by atoms with Gasteiger partial charge in [0, 0.05) is 44.5 Å². The molecule has 2 heterocycles. The van der Waals surface area contributed by atoms with Gasteiger partial charge >= 0.3 is 12.2 Å². The summed E-state index contributed by atoms with van der Waals surface area (Å²) in [5.74, 6) is -3.27. The topological polar surface area (TPSA) is 215 Å². The number of likely N-dealkylation sites (tertiary alicyclic amines) is 1. The molecule has 1 aromatic carbocycles. The average Bonchev–Trinajstić information content (AvgIpc) is 3.97. The van der Waals surface area contributed by atoms with Crippen molar-refractivity contribution in [3.8, 4) is 0 Å². The van der Waals surface area contributed by atoms with Gasteiger partial charge in [-0.2, -0.15) is 0 Å². The number of benzene rings is 1. The standard InChI is InChI=1S/C31H38FN5O8S.C5H11NO2/c1-4-20-15-31(20,29(41)34-46(43,44)22-11-12-22)33-28(40)25-14-21(17-37(25)27(39)10-7-13-35(3)26(38)5-2)45-30(42)36-16-19-8-6-9-24(32)23(19)18-36;1-5(2,3)8-4(6)7/h4-6,8-9,20-22,25H,1-2,7,10-18H2,3H3,(H,33,40)(H,34,41);1-3H3,(H2,6,7)/t20?,21-,25+,31-;/m1./s1. The lowest BCUT2D eigenvalue weighted by Crippen LogP contribution is -2.56. The number of fused-ring (bicyclic) bond motifs is 1. The number of primary amides is 1. The minimum Gasteiger partial charge on any atom is -0.444 e. The lowest BCUT2D eigenvalue weighted by molar-refractivity contribution is -0.140. The summed E-state index contributed by atoms with van der Waals surface area (Å²) in [6, 6.07) is 3.45. The lowest BCUT2D eigenvalue weighted by atomic mass is 10.1. The van der Waals surface area contributed by atoms with E-state index in [0.717, 1.165) is 6.08 Å². The van der Waals surface area contributed by atoms with Gasteiger partial charge in [0.05, 0.1) is 18.3 Å². The Balaban J connectivity index is 0.000000730. The first kappa shape index (κ1) is 41.8. The number of amides is 6. The van der Waals surface area contributed by atoms with E-state index < -0.39 is 80.2 Å². The summed E-state index contributed by atoms with van der Waals surface area (Å²) in [4.78, 5) is 79.3. The van der Waals surface area contributed by atoms with Crippen LogP contribution < -0.4 is 15.8 Å². The van der Waals surface area contributed by atoms with Gasteiger partial charge in [-0.3, -0.25) is 28.8 Å². The Morgan fingerprint density at radius 1 is 1.13 bits per heavy atom. The molecule has 4 atom stereocenters. The number of hydrogen-bond acceptors (Lipinski definition) is 10. The molecule has 5 rings (SSSR count). The maximum absolute atomic E-state index is 14.3. The largest absolute Gasteiger partial charge is 0.444 e. The monoisotopic (exact) mass is 776 g/mol. The van der Waals surface area contributed by atoms with E-state index in [0.29, 0.717) is 24.0 Å². The van der Waals surface area contributed by atoms with Crippen LogP contribution in [0.4, 0.5) is 14.0 Å². The van der Waals surface area contributed by atoms with Crippen LogP contribution in [0, 0.1) is 11.7 Å². The van der Waals surface area contributed by atoms with Crippen molar-refractivity contribution < 1.29 is 51.0 Å². The van der Waals surface area contributed by atoms with E-state index in [9.17, 15) is 41.6 Å². The zero-order valence-corrected chi connectivity index (χ0v) is 31.8. The zero-order chi connectivity index (χ0) is 40.2. The number of likely N-dealkylation sites (N-methyl/N-ethyl adjacent to an activating group) is 1. The maximum Gasteiger partial charge on any atom is 0.410 e. The molecule has 54 heavy (non-hydrogen) atoms. The third-order valence-electron chi connectivity index (χ3n) is 9.43. The number of carbonyl (C=O) groups excluding carboxylic acids is 6. The van der Waals surface area contributed by atoms with E-state index in [1.807, 2.05) is 0 Å². The molecular weight excluding hydrogens is 727 g/mol. The highest BCUT2D eigenvalue weighted by Crippen LogP contribution is 2.45. The van der Waals surface area contributed by atoms with E-state index in [4.69, 9.17) is 10.5 Å². The fourth-order valence-electron chi connectivity index (χ4n) is 6.33. The van der Waals surface area contributed by atoms with Crippen LogP contribution in [-0.2, 0) is 51.8 Å². The molecule has 4 aliphatic rings. The van der Waals surface area contributed by atoms with Gasteiger partial charge in [0.15, 0.2) is 0 Å². The Labute approximate surface area is 314 Å². The summed E-state index contributed by atoms with van der Waals surface area (Å²) in [6.07, 6.45) is 1.48. The van der Waals surface area contributed by atoms with Crippen molar-refractivity contribution in [3.05, 3.63) is 60.5 Å². The van der Waals surface area contributed by atoms with Crippen LogP contribution in [0.1, 0.15) is 70.4 Å². The molecule has 4 N–H and O–H groups in total. The van der Waals surface area contributed by atoms with Crippen molar-refractivity contribution in [1.82, 2.24) is 24.7 Å². The second kappa shape index (κ2) is 16.6. The van der Waals surface area contributed by atoms with E-state index in [1.54, 1.807) is 40.0 Å². The number of carbonyl (C=O) groups is 6. The summed E-state index contributed by atoms with van der Waals surface area (Å²) >= 11 is 0. The quantitative estimate of drug-likeness (QED) is 0.208. The van der Waals surface area contributed by atoms with Crippen LogP contribution in [0.25, 0.3) is 0 Å². The number of ether oxygens (including phenoxy) is 2. The first-order valence-corrected chi connectivity index (χ1v) is 19.1. The van der Waals surface area contributed by atoms with Crippen LogP contribution in [0.5, 0.6) is 0 Å². The van der Waals surface area contributed by atoms with Gasteiger partial charge in [-0.25, -0.2) is 22.4 Å². The molecule has 6 amide bonds. The van der Waals surface area contributed by atoms with Crippen LogP contribution in [0.3, 0.4) is 0 Å². The minimum atomic E-state index is -3.89. The number of halogens is 1. The van der Waals surface area contributed by atoms with Crippen LogP contribution in [0.2, 0.25) is 0 Å². The molecule has 1 aromatic rings. The van der Waals surface area contributed by atoms with Crippen molar-refractivity contribution in [3.63, 3.8) is 0 Å². The smallest absolute Gasteiger partial charge is 0.410 e. The molecule has 3 fully saturated rings. The molecule has 1 saturated heterocycles. The van der Waals surface area contributed by atoms with Gasteiger partial charge in [-0.05, 0) is 64.2 Å². The Bertz CT molecular complexity index is 1800. The summed E-state index contributed by atoms with van der Waals surface area (Å²) in [5, 5.41) is 2.03. The Morgan fingerprint density at radius 2 is 1.81 bits per heavy atom. The lowest BCUT2D eigenvalue weighted by Gasteiger charge is -2.26. The number of nitrogens with one attached hydrogen (secondary N) is 2. The second-order valence-electron chi connectivity index (χ2n) is 14.8. The van der Waals surface area contributed by atoms with Gasteiger partial charge in [-0.1, -0.05) is 24.8 Å². The first-order chi connectivity index (χ1) is 25.2. The number of rotatable bonds is 12. The molecule has 2 aliphatic carbocycles. The number of nitrogens with two attached hydrogens (primary N) is 1. The van der Waals surface area contributed by atoms with E-state index >= 15 is 0 Å². The Morgan fingerprint density at radius 3 is 2.35 bits per heavy atom. The van der Waals surface area contributed by atoms with Gasteiger partial charge in [0.2, 0.25) is 27.7 Å². The fourth-order valence-corrected chi connectivity index (χ4v) is 7.70. The zero-order valence-electron chi connectivity index (χ0n) is 31.0. The maximum atomic E-state index is 14.3. The summed E-state index contributed by atoms with van der Waals surface area (Å²) < 4.78 is 51.6. The minimum absolute atomic E-state index is 0.0153. The van der Waals surface area contributed by atoms with Crippen molar-refractivity contribution in [2.75, 3.05) is 20.1 Å². The highest BCUT2D eigenvalue weighted by molar-refractivity contribution is 7.91. The summed E-state index contributed by atoms with van der Waals surface area (Å²) in [5.41, 5.74) is 3.77.